The number of aromatic hydroxyl groups is 2. The van der Waals surface area contributed by atoms with Gasteiger partial charge in [0.15, 0.2) is 5.78 Å². The van der Waals surface area contributed by atoms with Crippen LogP contribution in [0, 0.1) is 34.5 Å². The number of amides is 1. The summed E-state index contributed by atoms with van der Waals surface area (Å²) in [5.74, 6) is -0.146. The molecule has 182 valence electrons. The van der Waals surface area contributed by atoms with E-state index in [-0.39, 0.29) is 57.8 Å². The van der Waals surface area contributed by atoms with Crippen molar-refractivity contribution in [1.82, 2.24) is 10.6 Å². The average molecular weight is 457 g/mol. The van der Waals surface area contributed by atoms with E-state index in [1.807, 2.05) is 0 Å². The van der Waals surface area contributed by atoms with Crippen LogP contribution in [0.1, 0.15) is 76.6 Å². The molecule has 0 spiro atoms. The van der Waals surface area contributed by atoms with Gasteiger partial charge >= 0.3 is 0 Å². The van der Waals surface area contributed by atoms with E-state index in [1.54, 1.807) is 0 Å². The molecule has 1 amide bonds. The lowest BCUT2D eigenvalue weighted by atomic mass is 9.45. The summed E-state index contributed by atoms with van der Waals surface area (Å²) in [6, 6.07) is 4.09. The van der Waals surface area contributed by atoms with E-state index < -0.39 is 0 Å². The lowest BCUT2D eigenvalue weighted by molar-refractivity contribution is -0.131. The fourth-order valence-corrected chi connectivity index (χ4v) is 7.46. The molecule has 3 fully saturated rings. The Kier molecular flexibility index (Phi) is 6.51. The fraction of sp³-hybridized carbons (Fsp3) is 0.704. The number of benzene rings is 1. The summed E-state index contributed by atoms with van der Waals surface area (Å²) in [6.07, 6.45) is 5.76. The molecule has 0 radical (unpaired) electrons. The fourth-order valence-electron chi connectivity index (χ4n) is 7.46. The minimum atomic E-state index is -0.296. The molecule has 4 N–H and O–H groups in total. The summed E-state index contributed by atoms with van der Waals surface area (Å²) in [4.78, 5) is 27.1. The molecular formula is C27H40N2O4. The molecule has 1 saturated heterocycles. The van der Waals surface area contributed by atoms with Crippen molar-refractivity contribution >= 4 is 11.7 Å². The highest BCUT2D eigenvalue weighted by atomic mass is 16.3. The quantitative estimate of drug-likeness (QED) is 0.508. The summed E-state index contributed by atoms with van der Waals surface area (Å²) in [6.45, 7) is 10.7. The number of Topliss-reactive ketones (excluding diaryl/α,β-unsaturated/α-hetero) is 1. The third-order valence-corrected chi connectivity index (χ3v) is 9.14. The van der Waals surface area contributed by atoms with Gasteiger partial charge in [0.1, 0.15) is 11.5 Å². The SMILES string of the molecule is C[C@H]1[C@H](NC(=O)C2CCNCC2)C[C@H]2C(C)(C)CCC[C@]2(C)[C@H]1C(=O)c1cc(O)cc(O)c1. The molecule has 2 saturated carbocycles. The molecule has 0 unspecified atom stereocenters. The van der Waals surface area contributed by atoms with Crippen molar-refractivity contribution in [3.63, 3.8) is 0 Å². The summed E-state index contributed by atoms with van der Waals surface area (Å²) in [7, 11) is 0. The van der Waals surface area contributed by atoms with Crippen LogP contribution in [-0.4, -0.2) is 41.0 Å². The normalized spacial score (nSPS) is 34.3. The Morgan fingerprint density at radius 2 is 1.67 bits per heavy atom. The number of hydrogen-bond acceptors (Lipinski definition) is 5. The van der Waals surface area contributed by atoms with E-state index in [0.717, 1.165) is 51.6 Å². The highest BCUT2D eigenvalue weighted by molar-refractivity contribution is 5.99. The maximum atomic E-state index is 14.0. The Morgan fingerprint density at radius 1 is 1.03 bits per heavy atom. The molecule has 0 aromatic heterocycles. The predicted octanol–water partition coefficient (Wildman–Crippen LogP) is 4.25. The van der Waals surface area contributed by atoms with Gasteiger partial charge in [0.2, 0.25) is 5.91 Å². The van der Waals surface area contributed by atoms with Crippen molar-refractivity contribution in [2.45, 2.75) is 72.3 Å². The second-order valence-electron chi connectivity index (χ2n) is 11.7. The van der Waals surface area contributed by atoms with Gasteiger partial charge in [-0.1, -0.05) is 34.1 Å². The Morgan fingerprint density at radius 3 is 2.30 bits per heavy atom. The van der Waals surface area contributed by atoms with Gasteiger partial charge in [0.25, 0.3) is 0 Å². The summed E-state index contributed by atoms with van der Waals surface area (Å²) < 4.78 is 0. The van der Waals surface area contributed by atoms with E-state index in [2.05, 4.69) is 38.3 Å². The molecule has 6 heteroatoms. The van der Waals surface area contributed by atoms with E-state index in [4.69, 9.17) is 0 Å². The maximum absolute atomic E-state index is 14.0. The number of ketones is 1. The van der Waals surface area contributed by atoms with Crippen LogP contribution in [0.3, 0.4) is 0 Å². The molecule has 5 atom stereocenters. The highest BCUT2D eigenvalue weighted by Gasteiger charge is 2.58. The Hall–Kier alpha value is -2.08. The number of piperidine rings is 1. The van der Waals surface area contributed by atoms with Crippen molar-refractivity contribution in [3.8, 4) is 11.5 Å². The maximum Gasteiger partial charge on any atom is 0.223 e. The molecule has 6 nitrogen and oxygen atoms in total. The minimum Gasteiger partial charge on any atom is -0.508 e. The topological polar surface area (TPSA) is 98.7 Å². The zero-order chi connectivity index (χ0) is 24.0. The van der Waals surface area contributed by atoms with Crippen LogP contribution in [-0.2, 0) is 4.79 Å². The number of phenols is 2. The molecule has 3 aliphatic rings. The van der Waals surface area contributed by atoms with E-state index >= 15 is 0 Å². The van der Waals surface area contributed by atoms with E-state index in [9.17, 15) is 19.8 Å². The first-order chi connectivity index (χ1) is 15.5. The van der Waals surface area contributed by atoms with Crippen LogP contribution < -0.4 is 10.6 Å². The van der Waals surface area contributed by atoms with Crippen LogP contribution >= 0.6 is 0 Å². The molecule has 1 aliphatic heterocycles. The second kappa shape index (κ2) is 8.94. The van der Waals surface area contributed by atoms with Crippen molar-refractivity contribution in [2.75, 3.05) is 13.1 Å². The molecule has 2 aliphatic carbocycles. The summed E-state index contributed by atoms with van der Waals surface area (Å²) >= 11 is 0. The molecule has 4 rings (SSSR count). The van der Waals surface area contributed by atoms with E-state index in [0.29, 0.717) is 11.5 Å². The van der Waals surface area contributed by atoms with Crippen molar-refractivity contribution in [3.05, 3.63) is 23.8 Å². The first-order valence-electron chi connectivity index (χ1n) is 12.6. The van der Waals surface area contributed by atoms with Crippen LogP contribution in [0.4, 0.5) is 0 Å². The van der Waals surface area contributed by atoms with Gasteiger partial charge in [-0.25, -0.2) is 0 Å². The highest BCUT2D eigenvalue weighted by Crippen LogP contribution is 2.61. The standard InChI is InChI=1S/C27H40N2O4/c1-16-21(29-25(33)17-6-10-28-11-7-17)15-22-26(2,3)8-5-9-27(22,4)23(16)24(32)18-12-19(30)14-20(31)13-18/h12-14,16-17,21-23,28,30-31H,5-11,15H2,1-4H3,(H,29,33)/t16-,21+,22-,23+,27-/m0/s1. The number of phenolic OH excluding ortho intramolecular Hbond substituents is 2. The monoisotopic (exact) mass is 456 g/mol. The van der Waals surface area contributed by atoms with Gasteiger partial charge in [-0.15, -0.1) is 0 Å². The zero-order valence-electron chi connectivity index (χ0n) is 20.5. The van der Waals surface area contributed by atoms with Crippen LogP contribution in [0.15, 0.2) is 18.2 Å². The Labute approximate surface area is 197 Å². The Bertz CT molecular complexity index is 887. The van der Waals surface area contributed by atoms with Crippen LogP contribution in [0.25, 0.3) is 0 Å². The minimum absolute atomic E-state index is 0.0308. The molecule has 0 bridgehead atoms. The van der Waals surface area contributed by atoms with E-state index in [1.165, 1.54) is 18.2 Å². The lowest BCUT2D eigenvalue weighted by Gasteiger charge is -2.60. The second-order valence-corrected chi connectivity index (χ2v) is 11.7. The predicted molar refractivity (Wildman–Crippen MR) is 128 cm³/mol. The lowest BCUT2D eigenvalue weighted by Crippen LogP contribution is -2.61. The number of rotatable bonds is 4. The van der Waals surface area contributed by atoms with Gasteiger partial charge in [0, 0.05) is 29.5 Å². The largest absolute Gasteiger partial charge is 0.508 e. The third kappa shape index (κ3) is 4.51. The van der Waals surface area contributed by atoms with Gasteiger partial charge in [-0.05, 0) is 80.0 Å². The first-order valence-corrected chi connectivity index (χ1v) is 12.6. The number of carbonyl (C=O) groups excluding carboxylic acids is 2. The number of fused-ring (bicyclic) bond motifs is 1. The summed E-state index contributed by atoms with van der Waals surface area (Å²) in [5.41, 5.74) is 0.220. The molecule has 1 heterocycles. The van der Waals surface area contributed by atoms with Gasteiger partial charge in [0.05, 0.1) is 0 Å². The summed E-state index contributed by atoms with van der Waals surface area (Å²) in [5, 5.41) is 26.7. The van der Waals surface area contributed by atoms with Gasteiger partial charge < -0.3 is 20.8 Å². The number of hydrogen-bond donors (Lipinski definition) is 4. The van der Waals surface area contributed by atoms with Gasteiger partial charge in [-0.3, -0.25) is 9.59 Å². The zero-order valence-corrected chi connectivity index (χ0v) is 20.5. The molecule has 1 aromatic carbocycles. The Balaban J connectivity index is 1.68. The number of nitrogens with one attached hydrogen (secondary N) is 2. The van der Waals surface area contributed by atoms with Gasteiger partial charge in [-0.2, -0.15) is 0 Å². The van der Waals surface area contributed by atoms with Crippen LogP contribution in [0.2, 0.25) is 0 Å². The number of carbonyl (C=O) groups is 2. The van der Waals surface area contributed by atoms with Crippen molar-refractivity contribution in [1.29, 1.82) is 0 Å². The smallest absolute Gasteiger partial charge is 0.223 e. The third-order valence-electron chi connectivity index (χ3n) is 9.14. The molecule has 1 aromatic rings. The van der Waals surface area contributed by atoms with Crippen LogP contribution in [0.5, 0.6) is 11.5 Å². The van der Waals surface area contributed by atoms with Crippen molar-refractivity contribution < 1.29 is 19.8 Å². The van der Waals surface area contributed by atoms with Crippen molar-refractivity contribution in [2.24, 2.45) is 34.5 Å². The average Bonchev–Trinajstić information content (AvgIpc) is 2.74. The molecule has 33 heavy (non-hydrogen) atoms. The first kappa shape index (κ1) is 24.1. The molecular weight excluding hydrogens is 416 g/mol.